The first kappa shape index (κ1) is 17.9. The molecule has 2 aromatic carbocycles. The molecule has 5 nitrogen and oxygen atoms in total. The molecule has 2 aliphatic rings. The van der Waals surface area contributed by atoms with Crippen molar-refractivity contribution in [1.29, 1.82) is 0 Å². The maximum atomic E-state index is 12.9. The Bertz CT molecular complexity index is 836. The van der Waals surface area contributed by atoms with Crippen LogP contribution in [0.2, 0.25) is 0 Å². The van der Waals surface area contributed by atoms with Crippen molar-refractivity contribution in [2.45, 2.75) is 19.9 Å². The van der Waals surface area contributed by atoms with Crippen molar-refractivity contribution in [2.75, 3.05) is 32.8 Å². The SMILES string of the molecule is C[C@H](CN1CCc2ccccc2C1)CN1CCOc2cc(O)ccc2C1=O. The predicted octanol–water partition coefficient (Wildman–Crippen LogP) is 2.92. The summed E-state index contributed by atoms with van der Waals surface area (Å²) in [7, 11) is 0. The van der Waals surface area contributed by atoms with E-state index in [2.05, 4.69) is 36.1 Å². The van der Waals surface area contributed by atoms with Gasteiger partial charge >= 0.3 is 0 Å². The lowest BCUT2D eigenvalue weighted by Gasteiger charge is -2.32. The number of rotatable bonds is 4. The summed E-state index contributed by atoms with van der Waals surface area (Å²) in [5.41, 5.74) is 3.41. The van der Waals surface area contributed by atoms with E-state index in [-0.39, 0.29) is 11.7 Å². The van der Waals surface area contributed by atoms with Gasteiger partial charge in [-0.2, -0.15) is 0 Å². The quantitative estimate of drug-likeness (QED) is 0.904. The van der Waals surface area contributed by atoms with E-state index in [0.29, 0.717) is 36.9 Å². The molecule has 2 aromatic rings. The van der Waals surface area contributed by atoms with E-state index in [1.54, 1.807) is 6.07 Å². The lowest BCUT2D eigenvalue weighted by Crippen LogP contribution is -2.41. The van der Waals surface area contributed by atoms with Crippen molar-refractivity contribution >= 4 is 5.91 Å². The summed E-state index contributed by atoms with van der Waals surface area (Å²) in [6.07, 6.45) is 1.09. The largest absolute Gasteiger partial charge is 0.508 e. The Morgan fingerprint density at radius 3 is 2.78 bits per heavy atom. The van der Waals surface area contributed by atoms with Crippen LogP contribution in [0.1, 0.15) is 28.4 Å². The molecule has 142 valence electrons. The van der Waals surface area contributed by atoms with Gasteiger partial charge in [0.1, 0.15) is 18.1 Å². The molecule has 2 heterocycles. The van der Waals surface area contributed by atoms with Crippen LogP contribution in [0, 0.1) is 5.92 Å². The Balaban J connectivity index is 1.39. The first-order valence-corrected chi connectivity index (χ1v) is 9.64. The van der Waals surface area contributed by atoms with Crippen molar-refractivity contribution in [3.8, 4) is 11.5 Å². The third-order valence-electron chi connectivity index (χ3n) is 5.41. The highest BCUT2D eigenvalue weighted by atomic mass is 16.5. The topological polar surface area (TPSA) is 53.0 Å². The molecule has 5 heteroatoms. The summed E-state index contributed by atoms with van der Waals surface area (Å²) in [6.45, 7) is 6.97. The molecular weight excluding hydrogens is 340 g/mol. The molecule has 0 fully saturated rings. The summed E-state index contributed by atoms with van der Waals surface area (Å²) in [6, 6.07) is 13.4. The molecule has 0 aromatic heterocycles. The van der Waals surface area contributed by atoms with Crippen LogP contribution in [0.5, 0.6) is 11.5 Å². The van der Waals surface area contributed by atoms with Gasteiger partial charge in [0, 0.05) is 32.2 Å². The number of fused-ring (bicyclic) bond motifs is 2. The van der Waals surface area contributed by atoms with Crippen LogP contribution >= 0.6 is 0 Å². The molecule has 0 radical (unpaired) electrons. The van der Waals surface area contributed by atoms with Crippen LogP contribution in [0.4, 0.5) is 0 Å². The minimum absolute atomic E-state index is 0.0154. The Hall–Kier alpha value is -2.53. The highest BCUT2D eigenvalue weighted by Gasteiger charge is 2.26. The number of carbonyl (C=O) groups is 1. The standard InChI is InChI=1S/C22H26N2O3/c1-16(13-23-9-8-17-4-2-3-5-18(17)15-23)14-24-10-11-27-21-12-19(25)6-7-20(21)22(24)26/h2-7,12,16,25H,8-11,13-15H2,1H3/t16-/m1/s1. The molecule has 0 aliphatic carbocycles. The third kappa shape index (κ3) is 3.93. The molecule has 0 saturated carbocycles. The lowest BCUT2D eigenvalue weighted by molar-refractivity contribution is 0.0713. The molecule has 1 N–H and O–H groups in total. The Labute approximate surface area is 160 Å². The van der Waals surface area contributed by atoms with E-state index in [0.717, 1.165) is 26.1 Å². The van der Waals surface area contributed by atoms with Crippen LogP contribution in [-0.2, 0) is 13.0 Å². The number of nitrogens with zero attached hydrogens (tertiary/aromatic N) is 2. The number of aromatic hydroxyl groups is 1. The number of benzene rings is 2. The minimum Gasteiger partial charge on any atom is -0.508 e. The molecular formula is C22H26N2O3. The minimum atomic E-state index is -0.0154. The van der Waals surface area contributed by atoms with Crippen LogP contribution < -0.4 is 4.74 Å². The third-order valence-corrected chi connectivity index (χ3v) is 5.41. The van der Waals surface area contributed by atoms with E-state index in [1.165, 1.54) is 23.3 Å². The second-order valence-corrected chi connectivity index (χ2v) is 7.64. The summed E-state index contributed by atoms with van der Waals surface area (Å²) >= 11 is 0. The fraction of sp³-hybridized carbons (Fsp3) is 0.409. The monoisotopic (exact) mass is 366 g/mol. The zero-order chi connectivity index (χ0) is 18.8. The number of phenols is 1. The van der Waals surface area contributed by atoms with E-state index in [1.807, 2.05) is 4.90 Å². The van der Waals surface area contributed by atoms with Gasteiger partial charge in [-0.25, -0.2) is 0 Å². The molecule has 1 amide bonds. The smallest absolute Gasteiger partial charge is 0.257 e. The Morgan fingerprint density at radius 1 is 1.11 bits per heavy atom. The summed E-state index contributed by atoms with van der Waals surface area (Å²) in [5.74, 6) is 0.952. The van der Waals surface area contributed by atoms with E-state index in [9.17, 15) is 9.90 Å². The number of hydrogen-bond acceptors (Lipinski definition) is 4. The summed E-state index contributed by atoms with van der Waals surface area (Å²) < 4.78 is 5.67. The number of ether oxygens (including phenoxy) is 1. The normalized spacial score (nSPS) is 18.3. The zero-order valence-electron chi connectivity index (χ0n) is 15.7. The van der Waals surface area contributed by atoms with Gasteiger partial charge in [0.05, 0.1) is 12.1 Å². The molecule has 0 bridgehead atoms. The van der Waals surface area contributed by atoms with Crippen molar-refractivity contribution in [3.05, 3.63) is 59.2 Å². The van der Waals surface area contributed by atoms with Gasteiger partial charge in [0.15, 0.2) is 0 Å². The Morgan fingerprint density at radius 2 is 1.93 bits per heavy atom. The molecule has 4 rings (SSSR count). The van der Waals surface area contributed by atoms with Gasteiger partial charge < -0.3 is 14.7 Å². The summed E-state index contributed by atoms with van der Waals surface area (Å²) in [5, 5.41) is 9.62. The van der Waals surface area contributed by atoms with Gasteiger partial charge in [-0.15, -0.1) is 0 Å². The number of phenolic OH excluding ortho intramolecular Hbond substituents is 1. The second-order valence-electron chi connectivity index (χ2n) is 7.64. The first-order chi connectivity index (χ1) is 13.1. The van der Waals surface area contributed by atoms with Crippen molar-refractivity contribution < 1.29 is 14.6 Å². The van der Waals surface area contributed by atoms with E-state index in [4.69, 9.17) is 4.74 Å². The lowest BCUT2D eigenvalue weighted by atomic mass is 9.99. The average Bonchev–Trinajstić information content (AvgIpc) is 2.80. The van der Waals surface area contributed by atoms with E-state index >= 15 is 0 Å². The van der Waals surface area contributed by atoms with Crippen molar-refractivity contribution in [2.24, 2.45) is 5.92 Å². The average molecular weight is 366 g/mol. The highest BCUT2D eigenvalue weighted by molar-refractivity contribution is 5.97. The fourth-order valence-electron chi connectivity index (χ4n) is 4.10. The number of carbonyl (C=O) groups excluding carboxylic acids is 1. The van der Waals surface area contributed by atoms with Crippen LogP contribution in [0.15, 0.2) is 42.5 Å². The van der Waals surface area contributed by atoms with Crippen LogP contribution in [0.25, 0.3) is 0 Å². The van der Waals surface area contributed by atoms with E-state index < -0.39 is 0 Å². The predicted molar refractivity (Wildman–Crippen MR) is 104 cm³/mol. The number of hydrogen-bond donors (Lipinski definition) is 1. The molecule has 0 unspecified atom stereocenters. The zero-order valence-corrected chi connectivity index (χ0v) is 15.7. The van der Waals surface area contributed by atoms with Crippen molar-refractivity contribution in [1.82, 2.24) is 9.80 Å². The summed E-state index contributed by atoms with van der Waals surface area (Å²) in [4.78, 5) is 17.3. The highest BCUT2D eigenvalue weighted by Crippen LogP contribution is 2.28. The van der Waals surface area contributed by atoms with Gasteiger partial charge in [0.2, 0.25) is 0 Å². The maximum Gasteiger partial charge on any atom is 0.257 e. The van der Waals surface area contributed by atoms with Crippen LogP contribution in [-0.4, -0.2) is 53.6 Å². The number of amides is 1. The van der Waals surface area contributed by atoms with Gasteiger partial charge in [-0.05, 0) is 35.6 Å². The van der Waals surface area contributed by atoms with Crippen LogP contribution in [0.3, 0.4) is 0 Å². The van der Waals surface area contributed by atoms with Crippen molar-refractivity contribution in [3.63, 3.8) is 0 Å². The Kier molecular flexibility index (Phi) is 5.03. The first-order valence-electron chi connectivity index (χ1n) is 9.64. The molecule has 2 aliphatic heterocycles. The molecule has 1 atom stereocenters. The second kappa shape index (κ2) is 7.61. The van der Waals surface area contributed by atoms with Gasteiger partial charge in [-0.3, -0.25) is 9.69 Å². The maximum absolute atomic E-state index is 12.9. The van der Waals surface area contributed by atoms with Gasteiger partial charge in [0.25, 0.3) is 5.91 Å². The fourth-order valence-corrected chi connectivity index (χ4v) is 4.10. The molecule has 0 spiro atoms. The molecule has 27 heavy (non-hydrogen) atoms. The molecule has 0 saturated heterocycles. The van der Waals surface area contributed by atoms with Gasteiger partial charge in [-0.1, -0.05) is 31.2 Å².